The van der Waals surface area contributed by atoms with E-state index >= 15 is 0 Å². The maximum Gasteiger partial charge on any atom is 0.308 e. The number of azide groups is 1. The average molecular weight is 419 g/mol. The van der Waals surface area contributed by atoms with E-state index in [0.717, 1.165) is 11.1 Å². The van der Waals surface area contributed by atoms with Crippen molar-refractivity contribution in [2.24, 2.45) is 16.8 Å². The summed E-state index contributed by atoms with van der Waals surface area (Å²) in [6, 6.07) is 11.6. The second kappa shape index (κ2) is 11.4. The number of benzene rings is 2. The second-order valence-corrected chi connectivity index (χ2v) is 7.15. The Morgan fingerprint density at radius 1 is 1.31 bits per heavy atom. The molecule has 0 aliphatic heterocycles. The molecule has 2 aromatic rings. The highest BCUT2D eigenvalue weighted by molar-refractivity contribution is 6.30. The van der Waals surface area contributed by atoms with Gasteiger partial charge in [0, 0.05) is 28.1 Å². The molecule has 0 aliphatic rings. The summed E-state index contributed by atoms with van der Waals surface area (Å²) in [5.41, 5.74) is 16.8. The largest absolute Gasteiger partial charge is 0.466 e. The minimum Gasteiger partial charge on any atom is -0.466 e. The topological polar surface area (TPSA) is 101 Å². The summed E-state index contributed by atoms with van der Waals surface area (Å²) in [6.45, 7) is 2.24. The molecule has 0 fully saturated rings. The van der Waals surface area contributed by atoms with Crippen LogP contribution in [-0.4, -0.2) is 25.2 Å². The molecule has 0 amide bonds. The van der Waals surface area contributed by atoms with Crippen LogP contribution < -0.4 is 5.73 Å². The van der Waals surface area contributed by atoms with E-state index in [4.69, 9.17) is 27.6 Å². The number of nitrogens with two attached hydrogens (primary N) is 1. The maximum atomic E-state index is 14.0. The van der Waals surface area contributed by atoms with E-state index in [9.17, 15) is 9.18 Å². The third kappa shape index (κ3) is 7.06. The standard InChI is InChI=1S/C21H24ClFN4O2/c1-2-29-21(28)16(9-10-26-27-25)12-18(24)11-14-3-5-15(6-4-14)19-13-17(22)7-8-20(19)23/h3-8,13,16,18H,2,9-12,24H2,1H3/t16-,18-/m1/s1. The second-order valence-electron chi connectivity index (χ2n) is 6.71. The lowest BCUT2D eigenvalue weighted by Gasteiger charge is -2.19. The molecule has 2 aromatic carbocycles. The molecule has 0 heterocycles. The Kier molecular flexibility index (Phi) is 8.93. The lowest BCUT2D eigenvalue weighted by molar-refractivity contribution is -0.148. The quantitative estimate of drug-likeness (QED) is 0.245. The summed E-state index contributed by atoms with van der Waals surface area (Å²) >= 11 is 5.96. The van der Waals surface area contributed by atoms with E-state index in [1.165, 1.54) is 12.1 Å². The normalized spacial score (nSPS) is 12.7. The minimum absolute atomic E-state index is 0.215. The molecule has 154 valence electrons. The Morgan fingerprint density at radius 2 is 2.03 bits per heavy atom. The van der Waals surface area contributed by atoms with Gasteiger partial charge in [-0.05, 0) is 61.0 Å². The van der Waals surface area contributed by atoms with Crippen molar-refractivity contribution in [1.29, 1.82) is 0 Å². The van der Waals surface area contributed by atoms with Gasteiger partial charge in [-0.2, -0.15) is 0 Å². The number of rotatable bonds is 10. The Morgan fingerprint density at radius 3 is 2.69 bits per heavy atom. The van der Waals surface area contributed by atoms with E-state index < -0.39 is 5.92 Å². The van der Waals surface area contributed by atoms with E-state index in [1.54, 1.807) is 13.0 Å². The molecule has 0 spiro atoms. The SMILES string of the molecule is CCOC(=O)[C@H](CCN=[N+]=[N-])C[C@H](N)Cc1ccc(-c2cc(Cl)ccc2F)cc1. The smallest absolute Gasteiger partial charge is 0.308 e. The van der Waals surface area contributed by atoms with E-state index in [0.29, 0.717) is 29.8 Å². The lowest BCUT2D eigenvalue weighted by Crippen LogP contribution is -2.30. The van der Waals surface area contributed by atoms with Crippen molar-refractivity contribution < 1.29 is 13.9 Å². The van der Waals surface area contributed by atoms with Gasteiger partial charge in [-0.15, -0.1) is 0 Å². The first-order valence-electron chi connectivity index (χ1n) is 9.42. The van der Waals surface area contributed by atoms with Gasteiger partial charge < -0.3 is 10.5 Å². The van der Waals surface area contributed by atoms with Gasteiger partial charge in [-0.1, -0.05) is 41.0 Å². The molecule has 0 radical (unpaired) electrons. The predicted molar refractivity (Wildman–Crippen MR) is 112 cm³/mol. The third-order valence-corrected chi connectivity index (χ3v) is 4.77. The van der Waals surface area contributed by atoms with Crippen molar-refractivity contribution in [3.8, 4) is 11.1 Å². The van der Waals surface area contributed by atoms with Crippen LogP contribution in [0.2, 0.25) is 5.02 Å². The van der Waals surface area contributed by atoms with Crippen LogP contribution in [0.25, 0.3) is 21.6 Å². The zero-order valence-electron chi connectivity index (χ0n) is 16.2. The number of esters is 1. The van der Waals surface area contributed by atoms with E-state index in [1.807, 2.05) is 24.3 Å². The number of ether oxygens (including phenoxy) is 1. The van der Waals surface area contributed by atoms with Crippen molar-refractivity contribution in [3.05, 3.63) is 69.3 Å². The summed E-state index contributed by atoms with van der Waals surface area (Å²) in [7, 11) is 0. The molecule has 0 bridgehead atoms. The van der Waals surface area contributed by atoms with Gasteiger partial charge in [-0.3, -0.25) is 4.79 Å². The van der Waals surface area contributed by atoms with Crippen LogP contribution >= 0.6 is 11.6 Å². The molecule has 0 aromatic heterocycles. The summed E-state index contributed by atoms with van der Waals surface area (Å²) in [6.07, 6.45) is 1.36. The minimum atomic E-state index is -0.421. The van der Waals surface area contributed by atoms with Crippen LogP contribution in [0.15, 0.2) is 47.6 Å². The third-order valence-electron chi connectivity index (χ3n) is 4.54. The zero-order valence-corrected chi connectivity index (χ0v) is 17.0. The van der Waals surface area contributed by atoms with Crippen molar-refractivity contribution in [2.75, 3.05) is 13.2 Å². The Hall–Kier alpha value is -2.60. The highest BCUT2D eigenvalue weighted by Gasteiger charge is 2.22. The van der Waals surface area contributed by atoms with Gasteiger partial charge in [0.1, 0.15) is 5.82 Å². The van der Waals surface area contributed by atoms with E-state index in [-0.39, 0.29) is 31.0 Å². The molecule has 2 atom stereocenters. The molecular weight excluding hydrogens is 395 g/mol. The molecule has 8 heteroatoms. The summed E-state index contributed by atoms with van der Waals surface area (Å²) in [4.78, 5) is 14.8. The Bertz CT molecular complexity index is 869. The number of carbonyl (C=O) groups is 1. The van der Waals surface area contributed by atoms with Crippen molar-refractivity contribution in [3.63, 3.8) is 0 Å². The number of hydrogen-bond donors (Lipinski definition) is 1. The first kappa shape index (κ1) is 22.7. The van der Waals surface area contributed by atoms with Crippen LogP contribution in [0.4, 0.5) is 4.39 Å². The van der Waals surface area contributed by atoms with Crippen LogP contribution in [0.5, 0.6) is 0 Å². The fraction of sp³-hybridized carbons (Fsp3) is 0.381. The van der Waals surface area contributed by atoms with Gasteiger partial charge in [0.05, 0.1) is 12.5 Å². The number of nitrogens with zero attached hydrogens (tertiary/aromatic N) is 3. The highest BCUT2D eigenvalue weighted by Crippen LogP contribution is 2.26. The van der Waals surface area contributed by atoms with Gasteiger partial charge in [-0.25, -0.2) is 4.39 Å². The summed E-state index contributed by atoms with van der Waals surface area (Å²) in [5.74, 6) is -1.09. The highest BCUT2D eigenvalue weighted by atomic mass is 35.5. The first-order valence-corrected chi connectivity index (χ1v) is 9.79. The lowest BCUT2D eigenvalue weighted by atomic mass is 9.92. The maximum absolute atomic E-state index is 14.0. The first-order chi connectivity index (χ1) is 13.9. The molecule has 0 unspecified atom stereocenters. The van der Waals surface area contributed by atoms with Crippen LogP contribution in [0, 0.1) is 11.7 Å². The number of carbonyl (C=O) groups excluding carboxylic acids is 1. The molecule has 0 saturated carbocycles. The number of halogens is 2. The monoisotopic (exact) mass is 418 g/mol. The van der Waals surface area contributed by atoms with Crippen LogP contribution in [0.3, 0.4) is 0 Å². The van der Waals surface area contributed by atoms with Crippen LogP contribution in [-0.2, 0) is 16.0 Å². The molecule has 6 nitrogen and oxygen atoms in total. The average Bonchev–Trinajstić information content (AvgIpc) is 2.70. The molecule has 2 rings (SSSR count). The van der Waals surface area contributed by atoms with Crippen molar-refractivity contribution in [1.82, 2.24) is 0 Å². The zero-order chi connectivity index (χ0) is 21.2. The van der Waals surface area contributed by atoms with Crippen molar-refractivity contribution in [2.45, 2.75) is 32.2 Å². The Balaban J connectivity index is 2.02. The fourth-order valence-electron chi connectivity index (χ4n) is 3.14. The van der Waals surface area contributed by atoms with Gasteiger partial charge in [0.25, 0.3) is 0 Å². The molecule has 0 aliphatic carbocycles. The molecule has 29 heavy (non-hydrogen) atoms. The van der Waals surface area contributed by atoms with E-state index in [2.05, 4.69) is 10.0 Å². The summed E-state index contributed by atoms with van der Waals surface area (Å²) in [5, 5.41) is 3.96. The Labute approximate surface area is 174 Å². The van der Waals surface area contributed by atoms with Crippen molar-refractivity contribution >= 4 is 17.6 Å². The number of hydrogen-bond acceptors (Lipinski definition) is 4. The van der Waals surface area contributed by atoms with Gasteiger partial charge in [0.2, 0.25) is 0 Å². The predicted octanol–water partition coefficient (Wildman–Crippen LogP) is 5.29. The fourth-order valence-corrected chi connectivity index (χ4v) is 3.31. The van der Waals surface area contributed by atoms with Gasteiger partial charge >= 0.3 is 5.97 Å². The summed E-state index contributed by atoms with van der Waals surface area (Å²) < 4.78 is 19.1. The van der Waals surface area contributed by atoms with Crippen LogP contribution in [0.1, 0.15) is 25.3 Å². The molecule has 2 N–H and O–H groups in total. The molecule has 0 saturated heterocycles. The molecular formula is C21H24ClFN4O2. The van der Waals surface area contributed by atoms with Gasteiger partial charge in [0.15, 0.2) is 0 Å².